The van der Waals surface area contributed by atoms with Gasteiger partial charge in [0.2, 0.25) is 0 Å². The number of hydrogen-bond donors (Lipinski definition) is 3. The van der Waals surface area contributed by atoms with Crippen LogP contribution in [-0.4, -0.2) is 28.2 Å². The molecule has 0 saturated heterocycles. The van der Waals surface area contributed by atoms with Crippen molar-refractivity contribution in [3.8, 4) is 0 Å². The van der Waals surface area contributed by atoms with Gasteiger partial charge in [-0.1, -0.05) is 18.5 Å². The number of hydrogen-bond acceptors (Lipinski definition) is 5. The summed E-state index contributed by atoms with van der Waals surface area (Å²) in [7, 11) is 0. The first-order chi connectivity index (χ1) is 7.65. The lowest BCUT2D eigenvalue weighted by atomic mass is 10.1. The van der Waals surface area contributed by atoms with Gasteiger partial charge in [-0.25, -0.2) is 9.97 Å². The molecular weight excluding hydrogens is 228 g/mol. The van der Waals surface area contributed by atoms with Gasteiger partial charge in [-0.2, -0.15) is 0 Å². The minimum atomic E-state index is 0.223. The summed E-state index contributed by atoms with van der Waals surface area (Å²) in [6.45, 7) is 2.98. The number of nitrogens with two attached hydrogens (primary N) is 1. The van der Waals surface area contributed by atoms with Crippen LogP contribution < -0.4 is 11.1 Å². The lowest BCUT2D eigenvalue weighted by Crippen LogP contribution is -2.08. The summed E-state index contributed by atoms with van der Waals surface area (Å²) in [5.74, 6) is 1.17. The van der Waals surface area contributed by atoms with E-state index in [9.17, 15) is 0 Å². The molecule has 0 aliphatic carbocycles. The molecule has 1 heterocycles. The Morgan fingerprint density at radius 3 is 3.00 bits per heavy atom. The summed E-state index contributed by atoms with van der Waals surface area (Å²) < 4.78 is 0. The van der Waals surface area contributed by atoms with Gasteiger partial charge in [-0.15, -0.1) is 0 Å². The Kier molecular flexibility index (Phi) is 5.28. The minimum absolute atomic E-state index is 0.223. The molecule has 4 N–H and O–H groups in total. The van der Waals surface area contributed by atoms with E-state index in [2.05, 4.69) is 15.3 Å². The van der Waals surface area contributed by atoms with Crippen LogP contribution in [0.15, 0.2) is 6.33 Å². The lowest BCUT2D eigenvalue weighted by Gasteiger charge is -2.10. The first-order valence-electron chi connectivity index (χ1n) is 5.25. The molecule has 1 unspecified atom stereocenters. The number of rotatable bonds is 6. The molecule has 0 saturated carbocycles. The Hall–Kier alpha value is -1.07. The molecular formula is C10H17ClN4O. The van der Waals surface area contributed by atoms with Crippen LogP contribution in [0, 0.1) is 5.92 Å². The summed E-state index contributed by atoms with van der Waals surface area (Å²) >= 11 is 5.91. The van der Waals surface area contributed by atoms with Crippen LogP contribution in [0.1, 0.15) is 19.8 Å². The molecule has 1 aromatic rings. The second-order valence-electron chi connectivity index (χ2n) is 3.78. The number of aliphatic hydroxyl groups excluding tert-OH is 1. The van der Waals surface area contributed by atoms with E-state index >= 15 is 0 Å². The van der Waals surface area contributed by atoms with Crippen molar-refractivity contribution < 1.29 is 5.11 Å². The summed E-state index contributed by atoms with van der Waals surface area (Å²) in [5, 5.41) is 12.3. The van der Waals surface area contributed by atoms with Gasteiger partial charge >= 0.3 is 0 Å². The van der Waals surface area contributed by atoms with E-state index in [4.69, 9.17) is 22.4 Å². The van der Waals surface area contributed by atoms with E-state index in [1.165, 1.54) is 6.33 Å². The van der Waals surface area contributed by atoms with Crippen molar-refractivity contribution in [2.45, 2.75) is 19.8 Å². The van der Waals surface area contributed by atoms with Gasteiger partial charge in [0.1, 0.15) is 23.0 Å². The predicted molar refractivity (Wildman–Crippen MR) is 65.4 cm³/mol. The van der Waals surface area contributed by atoms with Crippen LogP contribution in [0.25, 0.3) is 0 Å². The molecule has 0 amide bonds. The molecule has 90 valence electrons. The van der Waals surface area contributed by atoms with Crippen molar-refractivity contribution in [2.24, 2.45) is 5.92 Å². The standard InChI is InChI=1S/C10H17ClN4O/c1-7(5-16)3-2-4-13-10-8(11)9(12)14-6-15-10/h6-7,16H,2-5H2,1H3,(H3,12,13,14,15). The maximum absolute atomic E-state index is 8.85. The highest BCUT2D eigenvalue weighted by Gasteiger charge is 2.05. The van der Waals surface area contributed by atoms with Gasteiger partial charge < -0.3 is 16.2 Å². The van der Waals surface area contributed by atoms with Crippen LogP contribution in [0.3, 0.4) is 0 Å². The third-order valence-electron chi connectivity index (χ3n) is 2.29. The fourth-order valence-electron chi connectivity index (χ4n) is 1.26. The first-order valence-corrected chi connectivity index (χ1v) is 5.63. The molecule has 0 aliphatic heterocycles. The van der Waals surface area contributed by atoms with Crippen LogP contribution in [-0.2, 0) is 0 Å². The van der Waals surface area contributed by atoms with Crippen molar-refractivity contribution in [2.75, 3.05) is 24.2 Å². The zero-order chi connectivity index (χ0) is 12.0. The smallest absolute Gasteiger partial charge is 0.150 e. The van der Waals surface area contributed by atoms with E-state index in [-0.39, 0.29) is 12.4 Å². The Labute approximate surface area is 100 Å². The highest BCUT2D eigenvalue weighted by atomic mass is 35.5. The second-order valence-corrected chi connectivity index (χ2v) is 4.16. The Morgan fingerprint density at radius 2 is 2.31 bits per heavy atom. The van der Waals surface area contributed by atoms with Crippen LogP contribution in [0.4, 0.5) is 11.6 Å². The van der Waals surface area contributed by atoms with Crippen molar-refractivity contribution in [3.63, 3.8) is 0 Å². The number of anilines is 2. The lowest BCUT2D eigenvalue weighted by molar-refractivity contribution is 0.229. The quantitative estimate of drug-likeness (QED) is 0.661. The van der Waals surface area contributed by atoms with E-state index in [0.29, 0.717) is 16.8 Å². The molecule has 1 rings (SSSR count). The van der Waals surface area contributed by atoms with Gasteiger partial charge in [0.05, 0.1) is 0 Å². The zero-order valence-corrected chi connectivity index (χ0v) is 10.0. The van der Waals surface area contributed by atoms with Gasteiger partial charge in [0.15, 0.2) is 0 Å². The maximum Gasteiger partial charge on any atom is 0.150 e. The summed E-state index contributed by atoms with van der Waals surface area (Å²) in [5.41, 5.74) is 5.54. The second kappa shape index (κ2) is 6.50. The zero-order valence-electron chi connectivity index (χ0n) is 9.28. The molecule has 1 aromatic heterocycles. The maximum atomic E-state index is 8.85. The molecule has 1 atom stereocenters. The highest BCUT2D eigenvalue weighted by molar-refractivity contribution is 6.35. The SMILES string of the molecule is CC(CO)CCCNc1ncnc(N)c1Cl. The topological polar surface area (TPSA) is 84.1 Å². The van der Waals surface area contributed by atoms with Crippen LogP contribution in [0.2, 0.25) is 5.02 Å². The minimum Gasteiger partial charge on any atom is -0.396 e. The van der Waals surface area contributed by atoms with Crippen molar-refractivity contribution >= 4 is 23.2 Å². The van der Waals surface area contributed by atoms with Crippen molar-refractivity contribution in [3.05, 3.63) is 11.3 Å². The average Bonchev–Trinajstić information content (AvgIpc) is 2.29. The molecule has 0 radical (unpaired) electrons. The monoisotopic (exact) mass is 244 g/mol. The van der Waals surface area contributed by atoms with Gasteiger partial charge in [0, 0.05) is 13.2 Å². The molecule has 5 nitrogen and oxygen atoms in total. The fourth-order valence-corrected chi connectivity index (χ4v) is 1.42. The van der Waals surface area contributed by atoms with E-state index in [1.807, 2.05) is 6.92 Å². The molecule has 0 aromatic carbocycles. The van der Waals surface area contributed by atoms with E-state index in [1.54, 1.807) is 0 Å². The summed E-state index contributed by atoms with van der Waals surface area (Å²) in [4.78, 5) is 7.76. The van der Waals surface area contributed by atoms with Gasteiger partial charge in [-0.3, -0.25) is 0 Å². The molecule has 0 fully saturated rings. The third-order valence-corrected chi connectivity index (χ3v) is 2.67. The number of nitrogens with zero attached hydrogens (tertiary/aromatic N) is 2. The summed E-state index contributed by atoms with van der Waals surface area (Å²) in [6.07, 6.45) is 3.28. The Morgan fingerprint density at radius 1 is 1.56 bits per heavy atom. The van der Waals surface area contributed by atoms with Crippen LogP contribution in [0.5, 0.6) is 0 Å². The molecule has 16 heavy (non-hydrogen) atoms. The number of nitrogens with one attached hydrogen (secondary N) is 1. The number of nitrogen functional groups attached to an aromatic ring is 1. The number of aliphatic hydroxyl groups is 1. The van der Waals surface area contributed by atoms with E-state index in [0.717, 1.165) is 19.4 Å². The number of halogens is 1. The summed E-state index contributed by atoms with van der Waals surface area (Å²) in [6, 6.07) is 0. The van der Waals surface area contributed by atoms with Gasteiger partial charge in [-0.05, 0) is 18.8 Å². The van der Waals surface area contributed by atoms with Crippen molar-refractivity contribution in [1.29, 1.82) is 0 Å². The first kappa shape index (κ1) is 13.0. The van der Waals surface area contributed by atoms with E-state index < -0.39 is 0 Å². The largest absolute Gasteiger partial charge is 0.396 e. The molecule has 0 spiro atoms. The average molecular weight is 245 g/mol. The third kappa shape index (κ3) is 3.83. The molecule has 0 bridgehead atoms. The van der Waals surface area contributed by atoms with Crippen molar-refractivity contribution in [1.82, 2.24) is 9.97 Å². The highest BCUT2D eigenvalue weighted by Crippen LogP contribution is 2.23. The normalized spacial score (nSPS) is 12.4. The molecule has 6 heteroatoms. The Balaban J connectivity index is 2.35. The predicted octanol–water partition coefficient (Wildman–Crippen LogP) is 1.53. The fraction of sp³-hybridized carbons (Fsp3) is 0.600. The Bertz CT molecular complexity index is 335. The van der Waals surface area contributed by atoms with Crippen LogP contribution >= 0.6 is 11.6 Å². The number of aromatic nitrogens is 2. The molecule has 0 aliphatic rings. The van der Waals surface area contributed by atoms with Gasteiger partial charge in [0.25, 0.3) is 0 Å².